The van der Waals surface area contributed by atoms with Crippen molar-refractivity contribution in [1.82, 2.24) is 5.32 Å². The zero-order valence-electron chi connectivity index (χ0n) is 12.3. The number of benzene rings is 1. The summed E-state index contributed by atoms with van der Waals surface area (Å²) in [6, 6.07) is 11.4. The average Bonchev–Trinajstić information content (AvgIpc) is 2.93. The van der Waals surface area contributed by atoms with Crippen molar-refractivity contribution in [3.8, 4) is 0 Å². The smallest absolute Gasteiger partial charge is 0.257 e. The molecule has 0 fully saturated rings. The van der Waals surface area contributed by atoms with Crippen LogP contribution in [0.15, 0.2) is 46.9 Å². The third-order valence-corrected chi connectivity index (χ3v) is 4.04. The molecule has 0 aliphatic heterocycles. The molecular formula is C16H17N3O2S. The number of rotatable bonds is 6. The van der Waals surface area contributed by atoms with E-state index in [4.69, 9.17) is 0 Å². The highest BCUT2D eigenvalue weighted by Crippen LogP contribution is 2.27. The minimum Gasteiger partial charge on any atom is -0.352 e. The van der Waals surface area contributed by atoms with Gasteiger partial charge in [-0.3, -0.25) is 9.59 Å². The van der Waals surface area contributed by atoms with Crippen LogP contribution in [-0.2, 0) is 16.1 Å². The van der Waals surface area contributed by atoms with E-state index in [9.17, 15) is 9.59 Å². The van der Waals surface area contributed by atoms with Gasteiger partial charge in [-0.15, -0.1) is 11.3 Å². The van der Waals surface area contributed by atoms with E-state index in [1.165, 1.54) is 16.3 Å². The Hall–Kier alpha value is -2.47. The molecule has 0 aliphatic carbocycles. The molecule has 0 atom stereocenters. The number of carbonyl (C=O) groups is 2. The number of anilines is 1. The van der Waals surface area contributed by atoms with Crippen LogP contribution in [0.4, 0.5) is 5.00 Å². The summed E-state index contributed by atoms with van der Waals surface area (Å²) in [6.45, 7) is 5.69. The first-order valence-electron chi connectivity index (χ1n) is 6.76. The van der Waals surface area contributed by atoms with Crippen molar-refractivity contribution in [2.24, 2.45) is 5.10 Å². The van der Waals surface area contributed by atoms with Gasteiger partial charge in [0, 0.05) is 13.3 Å². The van der Waals surface area contributed by atoms with E-state index < -0.39 is 5.91 Å². The molecule has 1 heterocycles. The van der Waals surface area contributed by atoms with Crippen LogP contribution in [-0.4, -0.2) is 18.5 Å². The first-order valence-corrected chi connectivity index (χ1v) is 7.64. The monoisotopic (exact) mass is 315 g/mol. The highest BCUT2D eigenvalue weighted by Gasteiger charge is 2.20. The second-order valence-electron chi connectivity index (χ2n) is 4.69. The number of hydrogen-bond donors (Lipinski definition) is 1. The van der Waals surface area contributed by atoms with Crippen molar-refractivity contribution in [2.75, 3.05) is 5.01 Å². The first kappa shape index (κ1) is 15.9. The number of nitrogens with zero attached hydrogens (tertiary/aromatic N) is 2. The minimum absolute atomic E-state index is 0.261. The summed E-state index contributed by atoms with van der Waals surface area (Å²) < 4.78 is 0. The SMILES string of the molecule is C=NN(C(=O)CC(=O)NCc1ccccc1)c1sccc1C. The summed E-state index contributed by atoms with van der Waals surface area (Å²) in [4.78, 5) is 24.1. The predicted octanol–water partition coefficient (Wildman–Crippen LogP) is 2.71. The van der Waals surface area contributed by atoms with Gasteiger partial charge in [0.05, 0.1) is 0 Å². The zero-order chi connectivity index (χ0) is 15.9. The van der Waals surface area contributed by atoms with Crippen molar-refractivity contribution >= 4 is 34.9 Å². The summed E-state index contributed by atoms with van der Waals surface area (Å²) in [6.07, 6.45) is -0.261. The molecule has 1 aromatic carbocycles. The van der Waals surface area contributed by atoms with E-state index >= 15 is 0 Å². The van der Waals surface area contributed by atoms with E-state index in [0.29, 0.717) is 11.5 Å². The van der Waals surface area contributed by atoms with Crippen LogP contribution >= 0.6 is 11.3 Å². The molecule has 5 nitrogen and oxygen atoms in total. The molecule has 2 rings (SSSR count). The summed E-state index contributed by atoms with van der Waals surface area (Å²) in [7, 11) is 0. The van der Waals surface area contributed by atoms with E-state index in [0.717, 1.165) is 11.1 Å². The molecular weight excluding hydrogens is 298 g/mol. The van der Waals surface area contributed by atoms with Gasteiger partial charge in [-0.25, -0.2) is 0 Å². The molecule has 1 aromatic heterocycles. The number of thiophene rings is 1. The van der Waals surface area contributed by atoms with Gasteiger partial charge in [-0.2, -0.15) is 10.1 Å². The van der Waals surface area contributed by atoms with Gasteiger partial charge in [0.25, 0.3) is 5.91 Å². The maximum Gasteiger partial charge on any atom is 0.257 e. The molecule has 0 radical (unpaired) electrons. The van der Waals surface area contributed by atoms with Gasteiger partial charge in [-0.1, -0.05) is 30.3 Å². The fourth-order valence-electron chi connectivity index (χ4n) is 1.91. The Morgan fingerprint density at radius 1 is 1.27 bits per heavy atom. The van der Waals surface area contributed by atoms with Gasteiger partial charge < -0.3 is 5.32 Å². The van der Waals surface area contributed by atoms with Gasteiger partial charge in [-0.05, 0) is 29.5 Å². The molecule has 0 saturated carbocycles. The van der Waals surface area contributed by atoms with Crippen molar-refractivity contribution in [1.29, 1.82) is 0 Å². The van der Waals surface area contributed by atoms with Crippen LogP contribution in [0.1, 0.15) is 17.5 Å². The molecule has 0 spiro atoms. The van der Waals surface area contributed by atoms with Crippen LogP contribution < -0.4 is 10.3 Å². The van der Waals surface area contributed by atoms with E-state index in [-0.39, 0.29) is 12.3 Å². The number of amides is 2. The number of hydrogen-bond acceptors (Lipinski definition) is 4. The lowest BCUT2D eigenvalue weighted by molar-refractivity contribution is -0.128. The summed E-state index contributed by atoms with van der Waals surface area (Å²) in [5.74, 6) is -0.733. The molecule has 0 saturated heterocycles. The lowest BCUT2D eigenvalue weighted by Gasteiger charge is -2.15. The second kappa shape index (κ2) is 7.51. The molecule has 22 heavy (non-hydrogen) atoms. The third-order valence-electron chi connectivity index (χ3n) is 3.05. The zero-order valence-corrected chi connectivity index (χ0v) is 13.1. The largest absolute Gasteiger partial charge is 0.352 e. The molecule has 2 amide bonds. The van der Waals surface area contributed by atoms with Crippen molar-refractivity contribution in [2.45, 2.75) is 19.9 Å². The van der Waals surface area contributed by atoms with E-state index in [1.807, 2.05) is 48.7 Å². The number of aryl methyl sites for hydroxylation is 1. The average molecular weight is 315 g/mol. The fraction of sp³-hybridized carbons (Fsp3) is 0.188. The van der Waals surface area contributed by atoms with Crippen LogP contribution in [0, 0.1) is 6.92 Å². The van der Waals surface area contributed by atoms with Crippen LogP contribution in [0.2, 0.25) is 0 Å². The van der Waals surface area contributed by atoms with Gasteiger partial charge in [0.1, 0.15) is 11.4 Å². The first-order chi connectivity index (χ1) is 10.6. The lowest BCUT2D eigenvalue weighted by atomic mass is 10.2. The van der Waals surface area contributed by atoms with Gasteiger partial charge in [0.15, 0.2) is 0 Å². The maximum absolute atomic E-state index is 12.2. The predicted molar refractivity (Wildman–Crippen MR) is 89.0 cm³/mol. The van der Waals surface area contributed by atoms with Crippen LogP contribution in [0.3, 0.4) is 0 Å². The van der Waals surface area contributed by atoms with Gasteiger partial charge >= 0.3 is 0 Å². The number of hydrazone groups is 1. The highest BCUT2D eigenvalue weighted by atomic mass is 32.1. The van der Waals surface area contributed by atoms with Crippen molar-refractivity contribution in [3.63, 3.8) is 0 Å². The fourth-order valence-corrected chi connectivity index (χ4v) is 2.82. The Bertz CT molecular complexity index is 667. The number of nitrogens with one attached hydrogen (secondary N) is 1. The highest BCUT2D eigenvalue weighted by molar-refractivity contribution is 7.14. The van der Waals surface area contributed by atoms with Gasteiger partial charge in [0.2, 0.25) is 5.91 Å². The molecule has 1 N–H and O–H groups in total. The minimum atomic E-state index is -0.397. The van der Waals surface area contributed by atoms with Crippen molar-refractivity contribution in [3.05, 3.63) is 52.9 Å². The molecule has 0 aliphatic rings. The van der Waals surface area contributed by atoms with Crippen LogP contribution in [0.5, 0.6) is 0 Å². The Labute approximate surface area is 133 Å². The van der Waals surface area contributed by atoms with E-state index in [1.54, 1.807) is 0 Å². The summed E-state index contributed by atoms with van der Waals surface area (Å²) >= 11 is 1.39. The molecule has 0 unspecified atom stereocenters. The second-order valence-corrected chi connectivity index (χ2v) is 5.59. The van der Waals surface area contributed by atoms with Crippen molar-refractivity contribution < 1.29 is 9.59 Å². The Morgan fingerprint density at radius 2 is 2.00 bits per heavy atom. The van der Waals surface area contributed by atoms with E-state index in [2.05, 4.69) is 17.1 Å². The molecule has 0 bridgehead atoms. The molecule has 2 aromatic rings. The third kappa shape index (κ3) is 4.02. The standard InChI is InChI=1S/C16H17N3O2S/c1-12-8-9-22-16(12)19(17-2)15(21)10-14(20)18-11-13-6-4-3-5-7-13/h3-9H,2,10-11H2,1H3,(H,18,20). The summed E-state index contributed by atoms with van der Waals surface area (Å²) in [5.41, 5.74) is 1.91. The molecule has 114 valence electrons. The lowest BCUT2D eigenvalue weighted by Crippen LogP contribution is -2.32. The molecule has 6 heteroatoms. The van der Waals surface area contributed by atoms with Crippen LogP contribution in [0.25, 0.3) is 0 Å². The normalized spacial score (nSPS) is 10.0. The topological polar surface area (TPSA) is 61.8 Å². The quantitative estimate of drug-likeness (QED) is 0.506. The Kier molecular flexibility index (Phi) is 5.43. The Balaban J connectivity index is 1.91. The number of carbonyl (C=O) groups excluding carboxylic acids is 2. The Morgan fingerprint density at radius 3 is 2.59 bits per heavy atom. The maximum atomic E-state index is 12.2. The summed E-state index contributed by atoms with van der Waals surface area (Å²) in [5, 5.41) is 10.2.